The van der Waals surface area contributed by atoms with Gasteiger partial charge in [0.05, 0.1) is 11.2 Å². The molecule has 2 nitrogen and oxygen atoms in total. The van der Waals surface area contributed by atoms with Crippen molar-refractivity contribution in [2.75, 3.05) is 0 Å². The minimum atomic E-state index is -4.59. The molecule has 2 saturated heterocycles. The van der Waals surface area contributed by atoms with Crippen LogP contribution >= 0.6 is 0 Å². The highest BCUT2D eigenvalue weighted by Gasteiger charge is 2.48. The molecule has 2 bridgehead atoms. The monoisotopic (exact) mass is 379 g/mol. The zero-order chi connectivity index (χ0) is 19.2. The molecule has 0 amide bonds. The highest BCUT2D eigenvalue weighted by atomic mass is 19.4. The van der Waals surface area contributed by atoms with Gasteiger partial charge in [0.25, 0.3) is 0 Å². The molecule has 0 spiro atoms. The number of nitrogens with zero attached hydrogens (tertiary/aromatic N) is 1. The molecule has 0 aromatic heterocycles. The number of hydrogen-bond acceptors (Lipinski definition) is 2. The summed E-state index contributed by atoms with van der Waals surface area (Å²) in [5.41, 5.74) is -1.35. The van der Waals surface area contributed by atoms with Gasteiger partial charge in [-0.3, -0.25) is 4.90 Å². The number of benzene rings is 2. The second-order valence-electron chi connectivity index (χ2n) is 7.63. The predicted octanol–water partition coefficient (Wildman–Crippen LogP) is 4.86. The van der Waals surface area contributed by atoms with Crippen molar-refractivity contribution in [1.29, 1.82) is 0 Å². The van der Waals surface area contributed by atoms with Gasteiger partial charge < -0.3 is 5.11 Å². The molecule has 2 aliphatic heterocycles. The fraction of sp³-hybridized carbons (Fsp3) is 0.429. The van der Waals surface area contributed by atoms with E-state index in [-0.39, 0.29) is 24.2 Å². The summed E-state index contributed by atoms with van der Waals surface area (Å²) in [4.78, 5) is 1.95. The van der Waals surface area contributed by atoms with Crippen LogP contribution in [0.1, 0.15) is 42.4 Å². The maximum absolute atomic E-state index is 14.3. The average molecular weight is 379 g/mol. The van der Waals surface area contributed by atoms with Crippen LogP contribution in [-0.2, 0) is 18.3 Å². The molecule has 2 fully saturated rings. The molecule has 2 unspecified atom stereocenters. The maximum Gasteiger partial charge on any atom is 0.416 e. The van der Waals surface area contributed by atoms with Crippen LogP contribution in [0.25, 0.3) is 0 Å². The van der Waals surface area contributed by atoms with Crippen LogP contribution in [-0.4, -0.2) is 22.1 Å². The second kappa shape index (κ2) is 6.60. The van der Waals surface area contributed by atoms with Crippen molar-refractivity contribution in [3.8, 4) is 0 Å². The van der Waals surface area contributed by atoms with Gasteiger partial charge in [0.1, 0.15) is 5.82 Å². The molecule has 6 heteroatoms. The molecule has 2 aliphatic rings. The quantitative estimate of drug-likeness (QED) is 0.770. The third-order valence-electron chi connectivity index (χ3n) is 5.99. The van der Waals surface area contributed by atoms with Gasteiger partial charge in [-0.2, -0.15) is 13.2 Å². The van der Waals surface area contributed by atoms with Gasteiger partial charge in [0.2, 0.25) is 0 Å². The van der Waals surface area contributed by atoms with E-state index in [4.69, 9.17) is 0 Å². The first-order valence-electron chi connectivity index (χ1n) is 9.16. The molecule has 1 N–H and O–H groups in total. The Morgan fingerprint density at radius 1 is 0.963 bits per heavy atom. The van der Waals surface area contributed by atoms with Crippen LogP contribution in [0, 0.1) is 5.82 Å². The lowest BCUT2D eigenvalue weighted by molar-refractivity contribution is -0.139. The SMILES string of the molecule is OC1(c2ccccc2)CC2CCC(C1)N2Cc1c(F)cccc1C(F)(F)F. The molecular weight excluding hydrogens is 358 g/mol. The van der Waals surface area contributed by atoms with Crippen LogP contribution in [0.2, 0.25) is 0 Å². The Kier molecular flexibility index (Phi) is 4.51. The first kappa shape index (κ1) is 18.4. The van der Waals surface area contributed by atoms with E-state index in [0.29, 0.717) is 12.8 Å². The molecule has 27 heavy (non-hydrogen) atoms. The van der Waals surface area contributed by atoms with Crippen molar-refractivity contribution in [2.45, 2.75) is 56.1 Å². The van der Waals surface area contributed by atoms with E-state index in [2.05, 4.69) is 0 Å². The zero-order valence-electron chi connectivity index (χ0n) is 14.7. The summed E-state index contributed by atoms with van der Waals surface area (Å²) in [6.45, 7) is -0.0816. The normalized spacial score (nSPS) is 28.5. The number of rotatable bonds is 3. The summed E-state index contributed by atoms with van der Waals surface area (Å²) in [6.07, 6.45) is -2.09. The van der Waals surface area contributed by atoms with Crippen molar-refractivity contribution in [3.63, 3.8) is 0 Å². The molecule has 2 heterocycles. The fourth-order valence-electron chi connectivity index (χ4n) is 4.73. The number of alkyl halides is 3. The second-order valence-corrected chi connectivity index (χ2v) is 7.63. The fourth-order valence-corrected chi connectivity index (χ4v) is 4.73. The van der Waals surface area contributed by atoms with Gasteiger partial charge in [-0.15, -0.1) is 0 Å². The molecule has 2 aromatic rings. The third kappa shape index (κ3) is 3.36. The van der Waals surface area contributed by atoms with Gasteiger partial charge in [0.15, 0.2) is 0 Å². The van der Waals surface area contributed by atoms with Crippen LogP contribution < -0.4 is 0 Å². The Labute approximate surface area is 155 Å². The summed E-state index contributed by atoms with van der Waals surface area (Å²) in [5.74, 6) is -0.826. The van der Waals surface area contributed by atoms with Crippen LogP contribution in [0.4, 0.5) is 17.6 Å². The molecule has 2 aromatic carbocycles. The molecular formula is C21H21F4NO. The first-order valence-corrected chi connectivity index (χ1v) is 9.16. The first-order chi connectivity index (χ1) is 12.8. The van der Waals surface area contributed by atoms with Gasteiger partial charge >= 0.3 is 6.18 Å². The summed E-state index contributed by atoms with van der Waals surface area (Å²) < 4.78 is 54.2. The number of aliphatic hydroxyl groups is 1. The average Bonchev–Trinajstić information content (AvgIpc) is 2.86. The maximum atomic E-state index is 14.3. The van der Waals surface area contributed by atoms with Crippen LogP contribution in [0.5, 0.6) is 0 Å². The Balaban J connectivity index is 1.61. The lowest BCUT2D eigenvalue weighted by Gasteiger charge is -2.44. The summed E-state index contributed by atoms with van der Waals surface area (Å²) in [6, 6.07) is 12.4. The lowest BCUT2D eigenvalue weighted by atomic mass is 9.80. The summed E-state index contributed by atoms with van der Waals surface area (Å²) >= 11 is 0. The van der Waals surface area contributed by atoms with Gasteiger partial charge in [-0.25, -0.2) is 4.39 Å². The number of hydrogen-bond donors (Lipinski definition) is 1. The summed E-state index contributed by atoms with van der Waals surface area (Å²) in [7, 11) is 0. The Hall–Kier alpha value is -1.92. The molecule has 2 atom stereocenters. The molecule has 0 saturated carbocycles. The van der Waals surface area contributed by atoms with E-state index in [1.165, 1.54) is 0 Å². The molecule has 4 rings (SSSR count). The van der Waals surface area contributed by atoms with E-state index in [9.17, 15) is 22.7 Å². The topological polar surface area (TPSA) is 23.5 Å². The van der Waals surface area contributed by atoms with Crippen molar-refractivity contribution in [2.24, 2.45) is 0 Å². The Bertz CT molecular complexity index is 807. The van der Waals surface area contributed by atoms with Crippen LogP contribution in [0.15, 0.2) is 48.5 Å². The predicted molar refractivity (Wildman–Crippen MR) is 93.3 cm³/mol. The van der Waals surface area contributed by atoms with Gasteiger partial charge in [-0.1, -0.05) is 36.4 Å². The van der Waals surface area contributed by atoms with Gasteiger partial charge in [0, 0.05) is 24.2 Å². The van der Waals surface area contributed by atoms with Gasteiger partial charge in [-0.05, 0) is 43.4 Å². The highest BCUT2D eigenvalue weighted by Crippen LogP contribution is 2.47. The number of piperidine rings is 1. The molecule has 144 valence electrons. The van der Waals surface area contributed by atoms with Crippen molar-refractivity contribution in [1.82, 2.24) is 4.90 Å². The lowest BCUT2D eigenvalue weighted by Crippen LogP contribution is -2.49. The van der Waals surface area contributed by atoms with Crippen molar-refractivity contribution < 1.29 is 22.7 Å². The van der Waals surface area contributed by atoms with E-state index in [0.717, 1.165) is 36.6 Å². The Morgan fingerprint density at radius 2 is 1.59 bits per heavy atom. The number of fused-ring (bicyclic) bond motifs is 2. The van der Waals surface area contributed by atoms with Crippen molar-refractivity contribution in [3.05, 3.63) is 71.0 Å². The smallest absolute Gasteiger partial charge is 0.385 e. The van der Waals surface area contributed by atoms with Crippen LogP contribution in [0.3, 0.4) is 0 Å². The largest absolute Gasteiger partial charge is 0.416 e. The molecule has 0 radical (unpaired) electrons. The minimum Gasteiger partial charge on any atom is -0.385 e. The van der Waals surface area contributed by atoms with Crippen molar-refractivity contribution >= 4 is 0 Å². The third-order valence-corrected chi connectivity index (χ3v) is 5.99. The number of halogens is 4. The summed E-state index contributed by atoms with van der Waals surface area (Å²) in [5, 5.41) is 11.2. The molecule has 0 aliphatic carbocycles. The van der Waals surface area contributed by atoms with E-state index in [1.807, 2.05) is 35.2 Å². The standard InChI is InChI=1S/C21H21F4NO/c22-19-8-4-7-18(21(23,24)25)17(19)13-26-15-9-10-16(26)12-20(27,11-15)14-5-2-1-3-6-14/h1-8,15-16,27H,9-13H2. The van der Waals surface area contributed by atoms with E-state index < -0.39 is 23.2 Å². The Morgan fingerprint density at radius 3 is 2.19 bits per heavy atom. The van der Waals surface area contributed by atoms with E-state index in [1.54, 1.807) is 0 Å². The minimum absolute atomic E-state index is 0.0605. The van der Waals surface area contributed by atoms with E-state index >= 15 is 0 Å². The zero-order valence-corrected chi connectivity index (χ0v) is 14.7. The highest BCUT2D eigenvalue weighted by molar-refractivity contribution is 5.32.